The van der Waals surface area contributed by atoms with Gasteiger partial charge < -0.3 is 4.57 Å². The molecular formula is C20H25ClN6. The lowest BCUT2D eigenvalue weighted by atomic mass is 10.1. The molecule has 1 aromatic carbocycles. The molecule has 0 N–H and O–H groups in total. The third kappa shape index (κ3) is 3.92. The number of nitrogens with zero attached hydrogens (tertiary/aromatic N) is 6. The van der Waals surface area contributed by atoms with Gasteiger partial charge in [-0.1, -0.05) is 41.9 Å². The standard InChI is InChI=1S/C20H25ClN6/c1-15-17(20(21)25(2)24-15)14-26-11-10-19-23-22-18(27(19)13-12-26)9-8-16-6-4-3-5-7-16/h3-7H,8-14H2,1-2H3. The number of rotatable bonds is 5. The van der Waals surface area contributed by atoms with Gasteiger partial charge in [-0.2, -0.15) is 5.10 Å². The van der Waals surface area contributed by atoms with E-state index in [0.29, 0.717) is 0 Å². The molecule has 4 rings (SSSR count). The lowest BCUT2D eigenvalue weighted by Gasteiger charge is -2.19. The minimum atomic E-state index is 0.736. The van der Waals surface area contributed by atoms with Crippen molar-refractivity contribution in [1.82, 2.24) is 29.4 Å². The van der Waals surface area contributed by atoms with E-state index in [9.17, 15) is 0 Å². The van der Waals surface area contributed by atoms with Gasteiger partial charge in [0.1, 0.15) is 16.8 Å². The number of fused-ring (bicyclic) bond motifs is 1. The highest BCUT2D eigenvalue weighted by Crippen LogP contribution is 2.22. The fourth-order valence-electron chi connectivity index (χ4n) is 3.75. The van der Waals surface area contributed by atoms with E-state index >= 15 is 0 Å². The third-order valence-electron chi connectivity index (χ3n) is 5.33. The van der Waals surface area contributed by atoms with E-state index in [1.807, 2.05) is 14.0 Å². The van der Waals surface area contributed by atoms with Crippen LogP contribution in [0.25, 0.3) is 0 Å². The molecule has 0 atom stereocenters. The predicted octanol–water partition coefficient (Wildman–Crippen LogP) is 2.82. The van der Waals surface area contributed by atoms with E-state index in [2.05, 4.69) is 55.1 Å². The average molecular weight is 385 g/mol. The van der Waals surface area contributed by atoms with Crippen molar-refractivity contribution in [2.45, 2.75) is 39.3 Å². The summed E-state index contributed by atoms with van der Waals surface area (Å²) in [6, 6.07) is 10.6. The van der Waals surface area contributed by atoms with E-state index in [0.717, 1.165) is 73.5 Å². The Labute approximate surface area is 164 Å². The molecule has 1 aliphatic rings. The summed E-state index contributed by atoms with van der Waals surface area (Å²) in [5.41, 5.74) is 3.47. The van der Waals surface area contributed by atoms with Crippen LogP contribution in [0.2, 0.25) is 5.15 Å². The molecule has 0 aliphatic carbocycles. The van der Waals surface area contributed by atoms with Crippen LogP contribution in [0, 0.1) is 6.92 Å². The SMILES string of the molecule is Cc1nn(C)c(Cl)c1CN1CCc2nnc(CCc3ccccc3)n2CC1. The van der Waals surface area contributed by atoms with E-state index < -0.39 is 0 Å². The maximum Gasteiger partial charge on any atom is 0.134 e. The lowest BCUT2D eigenvalue weighted by molar-refractivity contribution is 0.270. The molecule has 0 radical (unpaired) electrons. The summed E-state index contributed by atoms with van der Waals surface area (Å²) < 4.78 is 4.06. The zero-order valence-electron chi connectivity index (χ0n) is 15.9. The van der Waals surface area contributed by atoms with Crippen LogP contribution in [0.15, 0.2) is 30.3 Å². The molecule has 0 bridgehead atoms. The highest BCUT2D eigenvalue weighted by atomic mass is 35.5. The zero-order chi connectivity index (χ0) is 18.8. The molecule has 1 aliphatic heterocycles. The van der Waals surface area contributed by atoms with Gasteiger partial charge >= 0.3 is 0 Å². The molecule has 27 heavy (non-hydrogen) atoms. The second kappa shape index (κ2) is 7.82. The Balaban J connectivity index is 1.42. The van der Waals surface area contributed by atoms with Crippen LogP contribution in [-0.4, -0.2) is 42.5 Å². The smallest absolute Gasteiger partial charge is 0.134 e. The monoisotopic (exact) mass is 384 g/mol. The fourth-order valence-corrected chi connectivity index (χ4v) is 3.98. The number of hydrogen-bond donors (Lipinski definition) is 0. The first-order valence-electron chi connectivity index (χ1n) is 9.47. The Morgan fingerprint density at radius 2 is 1.85 bits per heavy atom. The molecule has 0 spiro atoms. The van der Waals surface area contributed by atoms with Crippen LogP contribution in [0.3, 0.4) is 0 Å². The minimum Gasteiger partial charge on any atom is -0.314 e. The Kier molecular flexibility index (Phi) is 5.27. The van der Waals surface area contributed by atoms with Gasteiger partial charge in [-0.25, -0.2) is 0 Å². The molecule has 2 aromatic heterocycles. The maximum atomic E-state index is 6.41. The highest BCUT2D eigenvalue weighted by Gasteiger charge is 2.21. The molecule has 0 fully saturated rings. The van der Waals surface area contributed by atoms with Crippen molar-refractivity contribution in [2.24, 2.45) is 7.05 Å². The van der Waals surface area contributed by atoms with Crippen LogP contribution < -0.4 is 0 Å². The van der Waals surface area contributed by atoms with Crippen LogP contribution in [-0.2, 0) is 39.4 Å². The molecule has 142 valence electrons. The first kappa shape index (κ1) is 18.2. The molecular weight excluding hydrogens is 360 g/mol. The second-order valence-electron chi connectivity index (χ2n) is 7.17. The summed E-state index contributed by atoms with van der Waals surface area (Å²) in [6.07, 6.45) is 2.83. The lowest BCUT2D eigenvalue weighted by Crippen LogP contribution is -2.27. The molecule has 6 nitrogen and oxygen atoms in total. The van der Waals surface area contributed by atoms with Crippen molar-refractivity contribution < 1.29 is 0 Å². The van der Waals surface area contributed by atoms with Gasteiger partial charge in [0.2, 0.25) is 0 Å². The molecule has 3 aromatic rings. The normalized spacial score (nSPS) is 14.9. The quantitative estimate of drug-likeness (QED) is 0.678. The Hall–Kier alpha value is -2.18. The summed E-state index contributed by atoms with van der Waals surface area (Å²) >= 11 is 6.41. The van der Waals surface area contributed by atoms with Crippen molar-refractivity contribution in [1.29, 1.82) is 0 Å². The van der Waals surface area contributed by atoms with E-state index in [4.69, 9.17) is 11.6 Å². The third-order valence-corrected chi connectivity index (χ3v) is 5.80. The summed E-state index contributed by atoms with van der Waals surface area (Å²) in [6.45, 7) is 5.70. The van der Waals surface area contributed by atoms with Gasteiger partial charge in [0.15, 0.2) is 0 Å². The summed E-state index contributed by atoms with van der Waals surface area (Å²) in [5.74, 6) is 2.18. The minimum absolute atomic E-state index is 0.736. The van der Waals surface area contributed by atoms with Gasteiger partial charge in [0, 0.05) is 51.6 Å². The highest BCUT2D eigenvalue weighted by molar-refractivity contribution is 6.30. The topological polar surface area (TPSA) is 51.8 Å². The Morgan fingerprint density at radius 3 is 2.59 bits per heavy atom. The number of aromatic nitrogens is 5. The fraction of sp³-hybridized carbons (Fsp3) is 0.450. The van der Waals surface area contributed by atoms with E-state index in [1.165, 1.54) is 5.56 Å². The van der Waals surface area contributed by atoms with E-state index in [1.54, 1.807) is 4.68 Å². The van der Waals surface area contributed by atoms with Crippen LogP contribution in [0.5, 0.6) is 0 Å². The Morgan fingerprint density at radius 1 is 1.04 bits per heavy atom. The predicted molar refractivity (Wildman–Crippen MR) is 106 cm³/mol. The molecule has 7 heteroatoms. The largest absolute Gasteiger partial charge is 0.314 e. The van der Waals surface area contributed by atoms with Crippen molar-refractivity contribution in [3.8, 4) is 0 Å². The molecule has 3 heterocycles. The molecule has 0 saturated carbocycles. The average Bonchev–Trinajstić information content (AvgIpc) is 3.09. The summed E-state index contributed by atoms with van der Waals surface area (Å²) in [4.78, 5) is 2.44. The van der Waals surface area contributed by atoms with E-state index in [-0.39, 0.29) is 0 Å². The van der Waals surface area contributed by atoms with Gasteiger partial charge in [0.25, 0.3) is 0 Å². The number of halogens is 1. The van der Waals surface area contributed by atoms with Crippen LogP contribution in [0.4, 0.5) is 0 Å². The summed E-state index contributed by atoms with van der Waals surface area (Å²) in [5, 5.41) is 14.1. The molecule has 0 unspecified atom stereocenters. The second-order valence-corrected chi connectivity index (χ2v) is 7.53. The Bertz CT molecular complexity index is 914. The van der Waals surface area contributed by atoms with Gasteiger partial charge in [-0.15, -0.1) is 10.2 Å². The van der Waals surface area contributed by atoms with Crippen LogP contribution >= 0.6 is 11.6 Å². The van der Waals surface area contributed by atoms with Crippen LogP contribution in [0.1, 0.15) is 28.5 Å². The zero-order valence-corrected chi connectivity index (χ0v) is 16.7. The van der Waals surface area contributed by atoms with Crippen molar-refractivity contribution in [3.05, 3.63) is 64.0 Å². The first-order valence-corrected chi connectivity index (χ1v) is 9.85. The molecule has 0 saturated heterocycles. The molecule has 0 amide bonds. The number of benzene rings is 1. The number of aryl methyl sites for hydroxylation is 4. The first-order chi connectivity index (χ1) is 13.1. The number of hydrogen-bond acceptors (Lipinski definition) is 4. The maximum absolute atomic E-state index is 6.41. The summed E-state index contributed by atoms with van der Waals surface area (Å²) in [7, 11) is 1.89. The van der Waals surface area contributed by atoms with Crippen molar-refractivity contribution >= 4 is 11.6 Å². The van der Waals surface area contributed by atoms with Gasteiger partial charge in [-0.05, 0) is 18.9 Å². The van der Waals surface area contributed by atoms with Crippen molar-refractivity contribution in [3.63, 3.8) is 0 Å². The van der Waals surface area contributed by atoms with Gasteiger partial charge in [0.05, 0.1) is 5.69 Å². The van der Waals surface area contributed by atoms with Crippen molar-refractivity contribution in [2.75, 3.05) is 13.1 Å². The van der Waals surface area contributed by atoms with Gasteiger partial charge in [-0.3, -0.25) is 9.58 Å².